The number of nitrogens with zero attached hydrogens (tertiary/aromatic N) is 8. The average Bonchev–Trinajstić information content (AvgIpc) is 4.27. The molecule has 8 aromatic rings. The number of nitro groups is 1. The molecule has 370 valence electrons. The van der Waals surface area contributed by atoms with Gasteiger partial charge in [-0.15, -0.1) is 0 Å². The van der Waals surface area contributed by atoms with Crippen molar-refractivity contribution in [3.05, 3.63) is 155 Å². The summed E-state index contributed by atoms with van der Waals surface area (Å²) in [6.45, 7) is 5.62. The number of nitrogens with one attached hydrogen (secondary N) is 5. The molecule has 0 bridgehead atoms. The number of hydrogen-bond donors (Lipinski definition) is 6. The fourth-order valence-electron chi connectivity index (χ4n) is 9.38. The van der Waals surface area contributed by atoms with Crippen LogP contribution in [-0.4, -0.2) is 97.9 Å². The Bertz CT molecular complexity index is 3120. The minimum atomic E-state index is -0.629. The molecule has 3 fully saturated rings. The Morgan fingerprint density at radius 1 is 0.708 bits per heavy atom. The van der Waals surface area contributed by atoms with Gasteiger partial charge in [0.25, 0.3) is 5.69 Å². The van der Waals surface area contributed by atoms with E-state index in [4.69, 9.17) is 16.3 Å². The van der Waals surface area contributed by atoms with Crippen molar-refractivity contribution in [1.29, 1.82) is 0 Å². The first-order chi connectivity index (χ1) is 35.2. The first-order valence-corrected chi connectivity index (χ1v) is 24.2. The number of para-hydroxylation sites is 4. The third-order valence-corrected chi connectivity index (χ3v) is 13.2. The molecule has 0 aliphatic carbocycles. The number of benzene rings is 4. The highest BCUT2D eigenvalue weighted by Crippen LogP contribution is 2.37. The highest BCUT2D eigenvalue weighted by Gasteiger charge is 2.32. The van der Waals surface area contributed by atoms with Crippen LogP contribution in [-0.2, 0) is 0 Å². The summed E-state index contributed by atoms with van der Waals surface area (Å²) in [4.78, 5) is 64.7. The Morgan fingerprint density at radius 2 is 1.32 bits per heavy atom. The zero-order valence-electron chi connectivity index (χ0n) is 39.3. The predicted molar refractivity (Wildman–Crippen MR) is 281 cm³/mol. The molecule has 3 aliphatic rings. The number of aromatic nitrogens is 6. The van der Waals surface area contributed by atoms with Crippen LogP contribution >= 0.6 is 11.6 Å². The number of aromatic amines is 2. The Kier molecular flexibility index (Phi) is 15.6. The number of rotatable bonds is 10. The molecule has 72 heavy (non-hydrogen) atoms. The number of H-pyrrole nitrogens is 2. The second-order valence-electron chi connectivity index (χ2n) is 17.5. The lowest BCUT2D eigenvalue weighted by molar-refractivity contribution is -0.384. The van der Waals surface area contributed by atoms with Crippen molar-refractivity contribution in [1.82, 2.24) is 29.9 Å². The number of non-ortho nitro benzene ring substituents is 1. The second-order valence-corrected chi connectivity index (χ2v) is 17.9. The third-order valence-electron chi connectivity index (χ3n) is 12.9. The van der Waals surface area contributed by atoms with Crippen molar-refractivity contribution in [2.24, 2.45) is 5.92 Å². The number of anilines is 6. The lowest BCUT2D eigenvalue weighted by Crippen LogP contribution is -2.41. The van der Waals surface area contributed by atoms with Crippen LogP contribution in [0.3, 0.4) is 0 Å². The maximum absolute atomic E-state index is 13.0. The van der Waals surface area contributed by atoms with Crippen LogP contribution in [0.5, 0.6) is 5.75 Å². The number of nitro benzene ring substituents is 1. The zero-order chi connectivity index (χ0) is 49.8. The summed E-state index contributed by atoms with van der Waals surface area (Å²) in [6.07, 6.45) is 11.5. The maximum Gasteiger partial charge on any atom is 0.417 e. The smallest absolute Gasteiger partial charge is 0.410 e. The minimum absolute atomic E-state index is 0.0536. The van der Waals surface area contributed by atoms with Gasteiger partial charge in [0.2, 0.25) is 0 Å². The molecule has 7 heterocycles. The topological polar surface area (TPSA) is 236 Å². The Labute approximate surface area is 419 Å². The van der Waals surface area contributed by atoms with E-state index in [0.29, 0.717) is 10.8 Å². The van der Waals surface area contributed by atoms with E-state index in [1.54, 1.807) is 12.5 Å². The van der Waals surface area contributed by atoms with Gasteiger partial charge in [0.1, 0.15) is 40.7 Å². The molecule has 3 saturated heterocycles. The maximum atomic E-state index is 13.0. The molecular formula is C52H54ClN13O6. The van der Waals surface area contributed by atoms with Crippen molar-refractivity contribution in [3.63, 3.8) is 0 Å². The Morgan fingerprint density at radius 3 is 1.96 bits per heavy atom. The van der Waals surface area contributed by atoms with E-state index in [1.807, 2.05) is 79.0 Å². The van der Waals surface area contributed by atoms with Crippen LogP contribution in [0.4, 0.5) is 49.5 Å². The van der Waals surface area contributed by atoms with E-state index < -0.39 is 11.0 Å². The van der Waals surface area contributed by atoms with Crippen molar-refractivity contribution < 1.29 is 24.4 Å². The molecule has 6 N–H and O–H groups in total. The summed E-state index contributed by atoms with van der Waals surface area (Å²) in [6, 6.07) is 32.4. The number of urea groups is 1. The van der Waals surface area contributed by atoms with Crippen molar-refractivity contribution in [2.45, 2.75) is 38.0 Å². The number of halogens is 1. The van der Waals surface area contributed by atoms with Gasteiger partial charge in [0, 0.05) is 82.0 Å². The molecule has 20 heteroatoms. The van der Waals surface area contributed by atoms with Gasteiger partial charge < -0.3 is 45.1 Å². The van der Waals surface area contributed by atoms with Crippen LogP contribution in [0.15, 0.2) is 134 Å². The van der Waals surface area contributed by atoms with Gasteiger partial charge in [-0.2, -0.15) is 0 Å². The molecule has 0 radical (unpaired) electrons. The Balaban J connectivity index is 0.000000159. The van der Waals surface area contributed by atoms with Gasteiger partial charge in [-0.1, -0.05) is 48.0 Å². The molecule has 3 amide bonds. The monoisotopic (exact) mass is 991 g/mol. The molecule has 4 aromatic carbocycles. The summed E-state index contributed by atoms with van der Waals surface area (Å²) in [5, 5.41) is 31.9. The molecule has 3 aliphatic heterocycles. The number of ether oxygens (including phenoxy) is 1. The number of carbonyl (C=O) groups excluding carboxylic acids is 2. The number of carbonyl (C=O) groups is 2. The molecule has 2 atom stereocenters. The normalized spacial score (nSPS) is 16.3. The van der Waals surface area contributed by atoms with E-state index in [-0.39, 0.29) is 35.9 Å². The summed E-state index contributed by atoms with van der Waals surface area (Å²) < 4.78 is 5.18. The first-order valence-electron chi connectivity index (χ1n) is 23.9. The van der Waals surface area contributed by atoms with Crippen LogP contribution in [0.25, 0.3) is 22.1 Å². The van der Waals surface area contributed by atoms with Crippen LogP contribution < -0.4 is 35.4 Å². The highest BCUT2D eigenvalue weighted by atomic mass is 35.5. The molecule has 0 unspecified atom stereocenters. The highest BCUT2D eigenvalue weighted by molar-refractivity contribution is 6.33. The molecule has 0 saturated carbocycles. The summed E-state index contributed by atoms with van der Waals surface area (Å²) in [7, 11) is 0. The number of amides is 3. The van der Waals surface area contributed by atoms with Gasteiger partial charge in [-0.05, 0) is 104 Å². The number of hydrogen-bond acceptors (Lipinski definition) is 13. The van der Waals surface area contributed by atoms with Crippen LogP contribution in [0, 0.1) is 16.0 Å². The standard InChI is InChI=1S/C29H33N7O2.C17H17N3O4.C6H4ClN3/c37-18-21-11-15-36(28-23-10-12-30-27(23)31-19-32-28)17-24(21)20-6-5-7-22(16-20)33-29(38)34-25-8-1-2-9-26(25)35-13-3-4-14-35;21-17(24-14-9-7-13(8-10-14)20(22)23)18-15-5-1-2-6-16(15)19-11-3-4-12-19;7-5-4-1-2-8-6(4)10-3-9-5/h1-2,5-10,12,16,19,21,24,37H,3-4,11,13-15,17-18H2,(H,30,31,32)(H2,33,34,38);1-2,5-10H,3-4,11-12H2,(H,18,21);1-3H,(H,8,9,10)/t21-,24+;;/m0../s1. The molecule has 19 nitrogen and oxygen atoms in total. The fraction of sp³-hybridized carbons (Fsp3) is 0.269. The van der Waals surface area contributed by atoms with Gasteiger partial charge in [0.15, 0.2) is 0 Å². The largest absolute Gasteiger partial charge is 0.417 e. The lowest BCUT2D eigenvalue weighted by atomic mass is 9.81. The van der Waals surface area contributed by atoms with Gasteiger partial charge in [-0.3, -0.25) is 15.4 Å². The lowest BCUT2D eigenvalue weighted by Gasteiger charge is -2.39. The summed E-state index contributed by atoms with van der Waals surface area (Å²) in [5.41, 5.74) is 6.88. The van der Waals surface area contributed by atoms with E-state index >= 15 is 0 Å². The number of aliphatic hydroxyl groups excluding tert-OH is 1. The second kappa shape index (κ2) is 23.1. The van der Waals surface area contributed by atoms with Gasteiger partial charge in [-0.25, -0.2) is 29.5 Å². The van der Waals surface area contributed by atoms with Crippen LogP contribution in [0.2, 0.25) is 5.15 Å². The molecular weight excluding hydrogens is 938 g/mol. The number of piperidine rings is 1. The quantitative estimate of drug-likeness (QED) is 0.0426. The SMILES string of the molecule is Clc1ncnc2[nH]ccc12.O=C(Nc1cccc([C@H]2CN(c3ncnc4[nH]ccc34)CC[C@H]2CO)c1)Nc1ccccc1N1CCCC1.O=C(Nc1ccccc1N1CCCC1)Oc1ccc([N+](=O)[O-])cc1. The molecule has 4 aromatic heterocycles. The third kappa shape index (κ3) is 11.8. The van der Waals surface area contributed by atoms with Gasteiger partial charge in [0.05, 0.1) is 38.4 Å². The summed E-state index contributed by atoms with van der Waals surface area (Å²) in [5.74, 6) is 1.38. The van der Waals surface area contributed by atoms with Crippen molar-refractivity contribution in [2.75, 3.05) is 76.5 Å². The Hall–Kier alpha value is -8.29. The van der Waals surface area contributed by atoms with E-state index in [9.17, 15) is 24.8 Å². The van der Waals surface area contributed by atoms with Crippen molar-refractivity contribution in [3.8, 4) is 5.75 Å². The number of fused-ring (bicyclic) bond motifs is 2. The predicted octanol–water partition coefficient (Wildman–Crippen LogP) is 10.2. The summed E-state index contributed by atoms with van der Waals surface area (Å²) >= 11 is 5.73. The minimum Gasteiger partial charge on any atom is -0.410 e. The van der Waals surface area contributed by atoms with E-state index in [2.05, 4.69) is 72.7 Å². The van der Waals surface area contributed by atoms with Gasteiger partial charge >= 0.3 is 12.1 Å². The number of aliphatic hydroxyl groups is 1. The molecule has 0 spiro atoms. The average molecular weight is 993 g/mol. The molecule has 11 rings (SSSR count). The fourth-order valence-corrected chi connectivity index (χ4v) is 9.57. The van der Waals surface area contributed by atoms with E-state index in [1.165, 1.54) is 43.4 Å². The first kappa shape index (κ1) is 48.7. The van der Waals surface area contributed by atoms with Crippen LogP contribution in [0.1, 0.15) is 43.6 Å². The van der Waals surface area contributed by atoms with E-state index in [0.717, 1.165) is 115 Å². The zero-order valence-corrected chi connectivity index (χ0v) is 40.0. The van der Waals surface area contributed by atoms with Crippen molar-refractivity contribution >= 4 is 85.7 Å².